The Morgan fingerprint density at radius 3 is 2.76 bits per heavy atom. The van der Waals surface area contributed by atoms with Gasteiger partial charge in [-0.15, -0.1) is 0 Å². The molecule has 0 unspecified atom stereocenters. The summed E-state index contributed by atoms with van der Waals surface area (Å²) in [5.74, 6) is -1.36. The van der Waals surface area contributed by atoms with E-state index >= 15 is 0 Å². The molecule has 0 heterocycles. The molecule has 21 heavy (non-hydrogen) atoms. The van der Waals surface area contributed by atoms with Gasteiger partial charge in [0.1, 0.15) is 5.82 Å². The lowest BCUT2D eigenvalue weighted by molar-refractivity contribution is -0.122. The Balaban J connectivity index is 1.79. The molecule has 0 saturated heterocycles. The molecule has 2 amide bonds. The molecule has 1 aliphatic rings. The molecule has 6 heteroatoms. The maximum Gasteiger partial charge on any atom is 0.251 e. The zero-order valence-corrected chi connectivity index (χ0v) is 11.6. The van der Waals surface area contributed by atoms with Crippen molar-refractivity contribution < 1.29 is 19.1 Å². The predicted octanol–water partition coefficient (Wildman–Crippen LogP) is 0.975. The Hall–Kier alpha value is -1.95. The summed E-state index contributed by atoms with van der Waals surface area (Å²) in [5.41, 5.74) is 0.167. The number of nitrogens with one attached hydrogen (secondary N) is 2. The van der Waals surface area contributed by atoms with E-state index in [4.69, 9.17) is 0 Å². The molecule has 1 saturated carbocycles. The van der Waals surface area contributed by atoms with Crippen molar-refractivity contribution in [2.75, 3.05) is 6.54 Å². The highest BCUT2D eigenvalue weighted by molar-refractivity contribution is 5.96. The Morgan fingerprint density at radius 1 is 1.29 bits per heavy atom. The minimum atomic E-state index is -0.526. The van der Waals surface area contributed by atoms with Crippen molar-refractivity contribution in [3.63, 3.8) is 0 Å². The smallest absolute Gasteiger partial charge is 0.251 e. The third-order valence-electron chi connectivity index (χ3n) is 3.57. The zero-order valence-electron chi connectivity index (χ0n) is 11.6. The van der Waals surface area contributed by atoms with E-state index in [0.29, 0.717) is 6.42 Å². The average molecular weight is 294 g/mol. The maximum absolute atomic E-state index is 13.0. The molecule has 3 N–H and O–H groups in total. The van der Waals surface area contributed by atoms with Crippen LogP contribution in [0.25, 0.3) is 0 Å². The van der Waals surface area contributed by atoms with Crippen molar-refractivity contribution in [1.82, 2.24) is 10.6 Å². The molecule has 1 fully saturated rings. The van der Waals surface area contributed by atoms with Crippen molar-refractivity contribution in [3.05, 3.63) is 35.6 Å². The number of aliphatic hydroxyl groups is 1. The lowest BCUT2D eigenvalue weighted by atomic mass is 9.92. The summed E-state index contributed by atoms with van der Waals surface area (Å²) in [6, 6.07) is 5.01. The van der Waals surface area contributed by atoms with Crippen molar-refractivity contribution in [2.24, 2.45) is 0 Å². The van der Waals surface area contributed by atoms with Crippen LogP contribution < -0.4 is 10.6 Å². The lowest BCUT2D eigenvalue weighted by Crippen LogP contribution is -2.48. The highest BCUT2D eigenvalue weighted by Crippen LogP contribution is 2.18. The van der Waals surface area contributed by atoms with E-state index in [9.17, 15) is 19.1 Å². The number of aliphatic hydroxyl groups excluding tert-OH is 1. The van der Waals surface area contributed by atoms with Crippen LogP contribution in [-0.2, 0) is 4.79 Å². The van der Waals surface area contributed by atoms with Gasteiger partial charge < -0.3 is 15.7 Å². The highest BCUT2D eigenvalue weighted by atomic mass is 19.1. The van der Waals surface area contributed by atoms with Gasteiger partial charge in [0.2, 0.25) is 5.91 Å². The van der Waals surface area contributed by atoms with Crippen LogP contribution in [0.4, 0.5) is 4.39 Å². The van der Waals surface area contributed by atoms with E-state index in [2.05, 4.69) is 10.6 Å². The average Bonchev–Trinajstić information content (AvgIpc) is 2.47. The van der Waals surface area contributed by atoms with Gasteiger partial charge >= 0.3 is 0 Å². The molecule has 2 rings (SSSR count). The normalized spacial score (nSPS) is 21.6. The van der Waals surface area contributed by atoms with Gasteiger partial charge in [0.05, 0.1) is 18.7 Å². The van der Waals surface area contributed by atoms with Gasteiger partial charge in [-0.1, -0.05) is 18.9 Å². The fourth-order valence-corrected chi connectivity index (χ4v) is 2.43. The first-order chi connectivity index (χ1) is 10.1. The molecule has 2 atom stereocenters. The van der Waals surface area contributed by atoms with Gasteiger partial charge in [0, 0.05) is 5.56 Å². The van der Waals surface area contributed by atoms with Crippen molar-refractivity contribution in [1.29, 1.82) is 0 Å². The van der Waals surface area contributed by atoms with Gasteiger partial charge in [-0.25, -0.2) is 4.39 Å². The van der Waals surface area contributed by atoms with Crippen LogP contribution in [0.3, 0.4) is 0 Å². The van der Waals surface area contributed by atoms with Crippen molar-refractivity contribution in [3.8, 4) is 0 Å². The summed E-state index contributed by atoms with van der Waals surface area (Å²) in [7, 11) is 0. The molecule has 0 aromatic heterocycles. The minimum Gasteiger partial charge on any atom is -0.391 e. The standard InChI is InChI=1S/C15H19FN2O3/c16-11-5-3-4-10(8-11)15(21)17-9-14(20)18-12-6-1-2-7-13(12)19/h3-5,8,12-13,19H,1-2,6-7,9H2,(H,17,21)(H,18,20)/t12-,13-/m1/s1. The SMILES string of the molecule is O=C(CNC(=O)c1cccc(F)c1)N[C@@H]1CCCC[C@H]1O. The highest BCUT2D eigenvalue weighted by Gasteiger charge is 2.24. The molecule has 1 aromatic carbocycles. The summed E-state index contributed by atoms with van der Waals surface area (Å²) in [6.07, 6.45) is 2.83. The van der Waals surface area contributed by atoms with Crippen LogP contribution in [0.5, 0.6) is 0 Å². The van der Waals surface area contributed by atoms with E-state index in [1.807, 2.05) is 0 Å². The van der Waals surface area contributed by atoms with Gasteiger partial charge in [-0.2, -0.15) is 0 Å². The number of carbonyl (C=O) groups is 2. The molecule has 0 bridgehead atoms. The molecular formula is C15H19FN2O3. The fourth-order valence-electron chi connectivity index (χ4n) is 2.43. The largest absolute Gasteiger partial charge is 0.391 e. The van der Waals surface area contributed by atoms with E-state index in [1.165, 1.54) is 18.2 Å². The summed E-state index contributed by atoms with van der Waals surface area (Å²) >= 11 is 0. The number of hydrogen-bond acceptors (Lipinski definition) is 3. The molecular weight excluding hydrogens is 275 g/mol. The molecule has 0 aliphatic heterocycles. The van der Waals surface area contributed by atoms with E-state index < -0.39 is 17.8 Å². The molecule has 0 spiro atoms. The molecule has 0 radical (unpaired) electrons. The predicted molar refractivity (Wildman–Crippen MR) is 75.1 cm³/mol. The van der Waals surface area contributed by atoms with Crippen molar-refractivity contribution >= 4 is 11.8 Å². The number of hydrogen-bond donors (Lipinski definition) is 3. The minimum absolute atomic E-state index is 0.167. The first kappa shape index (κ1) is 15.4. The Bertz CT molecular complexity index is 521. The Kier molecular flexibility index (Phi) is 5.27. The monoisotopic (exact) mass is 294 g/mol. The third kappa shape index (κ3) is 4.53. The van der Waals surface area contributed by atoms with Crippen molar-refractivity contribution in [2.45, 2.75) is 37.8 Å². The first-order valence-electron chi connectivity index (χ1n) is 7.07. The van der Waals surface area contributed by atoms with Crippen LogP contribution in [0, 0.1) is 5.82 Å². The molecule has 1 aromatic rings. The fraction of sp³-hybridized carbons (Fsp3) is 0.467. The quantitative estimate of drug-likeness (QED) is 0.774. The molecule has 5 nitrogen and oxygen atoms in total. The topological polar surface area (TPSA) is 78.4 Å². The Morgan fingerprint density at radius 2 is 2.05 bits per heavy atom. The zero-order chi connectivity index (χ0) is 15.2. The number of amides is 2. The lowest BCUT2D eigenvalue weighted by Gasteiger charge is -2.28. The van der Waals surface area contributed by atoms with Crippen LogP contribution in [0.15, 0.2) is 24.3 Å². The van der Waals surface area contributed by atoms with E-state index in [1.54, 1.807) is 0 Å². The first-order valence-corrected chi connectivity index (χ1v) is 7.07. The Labute approximate surface area is 122 Å². The number of halogens is 1. The van der Waals surface area contributed by atoms with E-state index in [0.717, 1.165) is 25.3 Å². The van der Waals surface area contributed by atoms with Crippen LogP contribution >= 0.6 is 0 Å². The van der Waals surface area contributed by atoms with Crippen LogP contribution in [0.2, 0.25) is 0 Å². The number of rotatable bonds is 4. The second-order valence-corrected chi connectivity index (χ2v) is 5.22. The summed E-state index contributed by atoms with van der Waals surface area (Å²) in [4.78, 5) is 23.5. The molecule has 1 aliphatic carbocycles. The third-order valence-corrected chi connectivity index (χ3v) is 3.57. The maximum atomic E-state index is 13.0. The van der Waals surface area contributed by atoms with Crippen LogP contribution in [0.1, 0.15) is 36.0 Å². The summed E-state index contributed by atoms with van der Waals surface area (Å²) < 4.78 is 13.0. The number of carbonyl (C=O) groups excluding carboxylic acids is 2. The van der Waals surface area contributed by atoms with Gasteiger partial charge in [0.25, 0.3) is 5.91 Å². The summed E-state index contributed by atoms with van der Waals surface area (Å²) in [6.45, 7) is -0.196. The van der Waals surface area contributed by atoms with Crippen LogP contribution in [-0.4, -0.2) is 35.6 Å². The number of benzene rings is 1. The van der Waals surface area contributed by atoms with E-state index in [-0.39, 0.29) is 24.1 Å². The van der Waals surface area contributed by atoms with Gasteiger partial charge in [-0.05, 0) is 31.0 Å². The second kappa shape index (κ2) is 7.17. The second-order valence-electron chi connectivity index (χ2n) is 5.22. The van der Waals surface area contributed by atoms with Gasteiger partial charge in [0.15, 0.2) is 0 Å². The van der Waals surface area contributed by atoms with Gasteiger partial charge in [-0.3, -0.25) is 9.59 Å². The molecule has 114 valence electrons. The summed E-state index contributed by atoms with van der Waals surface area (Å²) in [5, 5.41) is 14.9.